The number of benzene rings is 1. The number of hydrogen-bond acceptors (Lipinski definition) is 2. The highest BCUT2D eigenvalue weighted by Gasteiger charge is 2.13. The molecule has 0 unspecified atom stereocenters. The van der Waals surface area contributed by atoms with Crippen LogP contribution < -0.4 is 5.73 Å². The van der Waals surface area contributed by atoms with Gasteiger partial charge in [0.2, 0.25) is 0 Å². The van der Waals surface area contributed by atoms with Crippen molar-refractivity contribution in [2.24, 2.45) is 0 Å². The third kappa shape index (κ3) is 1.21. The molecule has 0 aromatic heterocycles. The third-order valence-corrected chi connectivity index (χ3v) is 1.52. The first-order valence-corrected chi connectivity index (χ1v) is 3.03. The fourth-order valence-electron chi connectivity index (χ4n) is 0.597. The van der Waals surface area contributed by atoms with E-state index in [1.165, 1.54) is 0 Å². The van der Waals surface area contributed by atoms with Crippen LogP contribution in [0.4, 0.5) is 14.5 Å². The number of rotatable bonds is 0. The molecule has 0 aliphatic carbocycles. The molecule has 0 saturated carbocycles. The lowest BCUT2D eigenvalue weighted by atomic mass is 10.3. The summed E-state index contributed by atoms with van der Waals surface area (Å²) in [5, 5.41) is 8.03. The molecule has 0 aliphatic heterocycles. The van der Waals surface area contributed by atoms with Crippen LogP contribution in [0.2, 0.25) is 5.02 Å². The van der Waals surface area contributed by atoms with Gasteiger partial charge in [0, 0.05) is 6.07 Å². The maximum atomic E-state index is 12.6. The van der Waals surface area contributed by atoms with Crippen molar-refractivity contribution in [3.63, 3.8) is 0 Å². The van der Waals surface area contributed by atoms with Gasteiger partial charge in [0.25, 0.3) is 0 Å². The van der Waals surface area contributed by atoms with Crippen molar-refractivity contribution in [1.29, 1.82) is 0 Å². The van der Waals surface area contributed by atoms with Crippen LogP contribution in [0.25, 0.3) is 0 Å². The molecule has 1 aromatic rings. The smallest absolute Gasteiger partial charge is 0.171 e. The Balaban J connectivity index is 3.46. The number of hydrogen-bond donors (Lipinski definition) is 2. The van der Waals surface area contributed by atoms with Crippen LogP contribution in [0, 0.1) is 11.6 Å². The summed E-state index contributed by atoms with van der Waals surface area (Å²) in [6.45, 7) is 0. The molecule has 5 heteroatoms. The minimum absolute atomic E-state index is 0.545. The Morgan fingerprint density at radius 3 is 2.55 bits per heavy atom. The highest BCUT2D eigenvalue weighted by atomic mass is 35.5. The fourth-order valence-corrected chi connectivity index (χ4v) is 0.753. The lowest BCUT2D eigenvalue weighted by molar-refractivity contribution is 0.464. The van der Waals surface area contributed by atoms with Gasteiger partial charge in [-0.15, -0.1) is 0 Å². The molecule has 0 radical (unpaired) electrons. The van der Waals surface area contributed by atoms with Gasteiger partial charge in [-0.05, 0) is 0 Å². The summed E-state index contributed by atoms with van der Waals surface area (Å²) in [7, 11) is 0. The average Bonchev–Trinajstić information content (AvgIpc) is 1.97. The summed E-state index contributed by atoms with van der Waals surface area (Å²) in [6.07, 6.45) is 0. The molecule has 11 heavy (non-hydrogen) atoms. The molecule has 1 aromatic carbocycles. The van der Waals surface area contributed by atoms with Gasteiger partial charge >= 0.3 is 0 Å². The van der Waals surface area contributed by atoms with Crippen LogP contribution >= 0.6 is 11.6 Å². The molecule has 0 aliphatic rings. The number of nitrogen functional groups attached to an aromatic ring is 1. The molecule has 1 rings (SSSR count). The van der Waals surface area contributed by atoms with E-state index in [0.717, 1.165) is 0 Å². The highest BCUT2D eigenvalue weighted by molar-refractivity contribution is 6.31. The largest absolute Gasteiger partial charge is 0.506 e. The van der Waals surface area contributed by atoms with E-state index in [4.69, 9.17) is 22.4 Å². The molecule has 0 atom stereocenters. The van der Waals surface area contributed by atoms with Crippen LogP contribution in [0.3, 0.4) is 0 Å². The van der Waals surface area contributed by atoms with E-state index in [1.54, 1.807) is 0 Å². The van der Waals surface area contributed by atoms with Crippen LogP contribution in [0.5, 0.6) is 5.75 Å². The zero-order valence-corrected chi connectivity index (χ0v) is 5.99. The van der Waals surface area contributed by atoms with Crippen LogP contribution in [-0.4, -0.2) is 5.11 Å². The van der Waals surface area contributed by atoms with E-state index in [-0.39, 0.29) is 0 Å². The standard InChI is InChI=1S/C6H4ClF2NO/c7-4-2(8)1-3(11)6(10)5(4)9/h1,11H,10H2. The van der Waals surface area contributed by atoms with E-state index >= 15 is 0 Å². The summed E-state index contributed by atoms with van der Waals surface area (Å²) >= 11 is 5.11. The van der Waals surface area contributed by atoms with Crippen LogP contribution in [0.15, 0.2) is 6.07 Å². The molecule has 3 N–H and O–H groups in total. The van der Waals surface area contributed by atoms with E-state index in [1.807, 2.05) is 0 Å². The fraction of sp³-hybridized carbons (Fsp3) is 0. The summed E-state index contributed by atoms with van der Waals surface area (Å²) in [6, 6.07) is 0.654. The highest BCUT2D eigenvalue weighted by Crippen LogP contribution is 2.30. The van der Waals surface area contributed by atoms with E-state index in [2.05, 4.69) is 0 Å². The molecule has 2 nitrogen and oxygen atoms in total. The summed E-state index contributed by atoms with van der Waals surface area (Å²) in [4.78, 5) is 0. The molecule has 0 heterocycles. The lowest BCUT2D eigenvalue weighted by Crippen LogP contribution is -1.94. The number of phenolic OH excluding ortho intramolecular Hbond substituents is 1. The Morgan fingerprint density at radius 2 is 2.00 bits per heavy atom. The summed E-state index contributed by atoms with van der Waals surface area (Å²) < 4.78 is 25.0. The molecule has 60 valence electrons. The second-order valence-corrected chi connectivity index (χ2v) is 2.30. The van der Waals surface area contributed by atoms with Crippen LogP contribution in [0.1, 0.15) is 0 Å². The minimum atomic E-state index is -1.14. The van der Waals surface area contributed by atoms with Gasteiger partial charge in [-0.1, -0.05) is 11.6 Å². The van der Waals surface area contributed by atoms with Gasteiger partial charge in [-0.3, -0.25) is 0 Å². The second-order valence-electron chi connectivity index (χ2n) is 1.92. The number of nitrogens with two attached hydrogens (primary N) is 1. The van der Waals surface area contributed by atoms with Crippen molar-refractivity contribution >= 4 is 17.3 Å². The van der Waals surface area contributed by atoms with Gasteiger partial charge in [0.05, 0.1) is 0 Å². The molecular formula is C6H4ClF2NO. The van der Waals surface area contributed by atoms with E-state index in [0.29, 0.717) is 6.07 Å². The summed E-state index contributed by atoms with van der Waals surface area (Å²) in [5.41, 5.74) is 4.43. The van der Waals surface area contributed by atoms with Crippen molar-refractivity contribution in [3.05, 3.63) is 22.7 Å². The van der Waals surface area contributed by atoms with Crippen LogP contribution in [-0.2, 0) is 0 Å². The van der Waals surface area contributed by atoms with Crippen molar-refractivity contribution in [1.82, 2.24) is 0 Å². The molecule has 0 saturated heterocycles. The number of halogens is 3. The Kier molecular flexibility index (Phi) is 1.87. The van der Waals surface area contributed by atoms with Gasteiger partial charge in [0.15, 0.2) is 5.82 Å². The normalized spacial score (nSPS) is 10.1. The zero-order valence-electron chi connectivity index (χ0n) is 5.24. The first-order valence-electron chi connectivity index (χ1n) is 2.66. The van der Waals surface area contributed by atoms with Crippen molar-refractivity contribution in [3.8, 4) is 5.75 Å². The second kappa shape index (κ2) is 2.54. The molecule has 0 bridgehead atoms. The zero-order chi connectivity index (χ0) is 8.59. The van der Waals surface area contributed by atoms with Crippen molar-refractivity contribution in [2.75, 3.05) is 5.73 Å². The Bertz CT molecular complexity index is 277. The Morgan fingerprint density at radius 1 is 1.45 bits per heavy atom. The first-order chi connectivity index (χ1) is 5.04. The topological polar surface area (TPSA) is 46.2 Å². The van der Waals surface area contributed by atoms with Gasteiger partial charge in [0.1, 0.15) is 22.3 Å². The maximum absolute atomic E-state index is 12.6. The van der Waals surface area contributed by atoms with Gasteiger partial charge in [-0.2, -0.15) is 0 Å². The predicted molar refractivity (Wildman–Crippen MR) is 37.4 cm³/mol. The van der Waals surface area contributed by atoms with Gasteiger partial charge in [-0.25, -0.2) is 8.78 Å². The van der Waals surface area contributed by atoms with Crippen molar-refractivity contribution in [2.45, 2.75) is 0 Å². The Labute approximate surface area is 66.2 Å². The quantitative estimate of drug-likeness (QED) is 0.363. The van der Waals surface area contributed by atoms with Gasteiger partial charge < -0.3 is 10.8 Å². The van der Waals surface area contributed by atoms with Crippen molar-refractivity contribution < 1.29 is 13.9 Å². The molecule has 0 spiro atoms. The Hall–Kier alpha value is -1.03. The monoisotopic (exact) mass is 179 g/mol. The number of anilines is 1. The SMILES string of the molecule is Nc1c(O)cc(F)c(Cl)c1F. The minimum Gasteiger partial charge on any atom is -0.506 e. The first kappa shape index (κ1) is 8.07. The molecular weight excluding hydrogens is 176 g/mol. The number of phenols is 1. The lowest BCUT2D eigenvalue weighted by Gasteiger charge is -2.01. The number of aromatic hydroxyl groups is 1. The average molecular weight is 180 g/mol. The van der Waals surface area contributed by atoms with E-state index < -0.39 is 28.1 Å². The van der Waals surface area contributed by atoms with E-state index in [9.17, 15) is 8.78 Å². The summed E-state index contributed by atoms with van der Waals surface area (Å²) in [5.74, 6) is -2.82. The third-order valence-electron chi connectivity index (χ3n) is 1.18. The predicted octanol–water partition coefficient (Wildman–Crippen LogP) is 1.91. The maximum Gasteiger partial charge on any atom is 0.171 e. The molecule has 0 amide bonds. The molecule has 0 fully saturated rings.